The Balaban J connectivity index is 2.18. The van der Waals surface area contributed by atoms with Gasteiger partial charge in [-0.05, 0) is 45.9 Å². The van der Waals surface area contributed by atoms with E-state index < -0.39 is 11.1 Å². The number of hydrogen-bond donors (Lipinski definition) is 2. The number of hydrogen-bond acceptors (Lipinski definition) is 4. The highest BCUT2D eigenvalue weighted by molar-refractivity contribution is 5.95. The van der Waals surface area contributed by atoms with E-state index in [1.54, 1.807) is 45.9 Å². The number of fused-ring (bicyclic) bond motifs is 1. The molecule has 0 unspecified atom stereocenters. The van der Waals surface area contributed by atoms with E-state index in [2.05, 4.69) is 5.32 Å². The van der Waals surface area contributed by atoms with Crippen molar-refractivity contribution in [1.82, 2.24) is 5.32 Å². The van der Waals surface area contributed by atoms with Gasteiger partial charge < -0.3 is 19.9 Å². The van der Waals surface area contributed by atoms with E-state index in [4.69, 9.17) is 9.47 Å². The third-order valence-corrected chi connectivity index (χ3v) is 3.76. The van der Waals surface area contributed by atoms with Crippen LogP contribution in [0.4, 0.5) is 0 Å². The van der Waals surface area contributed by atoms with Gasteiger partial charge in [-0.1, -0.05) is 0 Å². The summed E-state index contributed by atoms with van der Waals surface area (Å²) < 4.78 is 10.9. The zero-order valence-corrected chi connectivity index (χ0v) is 12.3. The number of nitrogens with one attached hydrogen (secondary N) is 1. The van der Waals surface area contributed by atoms with Crippen LogP contribution in [0.1, 0.15) is 38.1 Å². The van der Waals surface area contributed by atoms with Crippen LogP contribution in [0.25, 0.3) is 0 Å². The molecular weight excluding hydrogens is 258 g/mol. The molecule has 2 N–H and O–H groups in total. The molecule has 1 aliphatic rings. The fraction of sp³-hybridized carbons (Fsp3) is 0.533. The average Bonchev–Trinajstić information content (AvgIpc) is 2.36. The van der Waals surface area contributed by atoms with Crippen LogP contribution in [-0.4, -0.2) is 35.4 Å². The second kappa shape index (κ2) is 4.98. The van der Waals surface area contributed by atoms with Crippen molar-refractivity contribution >= 4 is 5.91 Å². The minimum Gasteiger partial charge on any atom is -0.486 e. The summed E-state index contributed by atoms with van der Waals surface area (Å²) in [4.78, 5) is 12.3. The number of carbonyl (C=O) groups is 1. The van der Waals surface area contributed by atoms with E-state index >= 15 is 0 Å². The Kier molecular flexibility index (Phi) is 3.65. The number of amides is 1. The van der Waals surface area contributed by atoms with Crippen molar-refractivity contribution in [2.24, 2.45) is 0 Å². The van der Waals surface area contributed by atoms with Gasteiger partial charge in [-0.25, -0.2) is 0 Å². The van der Waals surface area contributed by atoms with Crippen molar-refractivity contribution in [1.29, 1.82) is 0 Å². The molecule has 0 fully saturated rings. The summed E-state index contributed by atoms with van der Waals surface area (Å²) in [5.41, 5.74) is -1.31. The maximum absolute atomic E-state index is 12.3. The lowest BCUT2D eigenvalue weighted by Crippen LogP contribution is -2.57. The molecule has 1 amide bonds. The van der Waals surface area contributed by atoms with Crippen LogP contribution < -0.4 is 14.8 Å². The molecular formula is C15H21NO4. The van der Waals surface area contributed by atoms with Gasteiger partial charge in [-0.3, -0.25) is 4.79 Å². The Labute approximate surface area is 118 Å². The van der Waals surface area contributed by atoms with Gasteiger partial charge >= 0.3 is 0 Å². The van der Waals surface area contributed by atoms with Crippen LogP contribution in [0.3, 0.4) is 0 Å². The summed E-state index contributed by atoms with van der Waals surface area (Å²) in [5.74, 6) is 0.966. The highest BCUT2D eigenvalue weighted by Crippen LogP contribution is 2.31. The molecule has 2 rings (SSSR count). The molecule has 20 heavy (non-hydrogen) atoms. The fourth-order valence-corrected chi connectivity index (χ4v) is 1.69. The van der Waals surface area contributed by atoms with Crippen molar-refractivity contribution in [3.63, 3.8) is 0 Å². The molecule has 0 bridgehead atoms. The normalized spacial score (nSPS) is 14.8. The monoisotopic (exact) mass is 279 g/mol. The third kappa shape index (κ3) is 2.88. The Hall–Kier alpha value is -1.75. The lowest BCUT2D eigenvalue weighted by molar-refractivity contribution is -0.00293. The van der Waals surface area contributed by atoms with Gasteiger partial charge in [0, 0.05) is 5.56 Å². The van der Waals surface area contributed by atoms with E-state index in [1.165, 1.54) is 0 Å². The van der Waals surface area contributed by atoms with Gasteiger partial charge in [0.25, 0.3) is 5.91 Å². The first kappa shape index (κ1) is 14.7. The molecule has 0 radical (unpaired) electrons. The van der Waals surface area contributed by atoms with E-state index in [-0.39, 0.29) is 5.91 Å². The summed E-state index contributed by atoms with van der Waals surface area (Å²) in [5, 5.41) is 12.9. The van der Waals surface area contributed by atoms with E-state index in [1.807, 2.05) is 0 Å². The minimum absolute atomic E-state index is 0.255. The third-order valence-electron chi connectivity index (χ3n) is 3.76. The summed E-state index contributed by atoms with van der Waals surface area (Å²) >= 11 is 0. The second-order valence-electron chi connectivity index (χ2n) is 6.00. The quantitative estimate of drug-likeness (QED) is 0.884. The molecule has 5 heteroatoms. The number of rotatable bonds is 3. The smallest absolute Gasteiger partial charge is 0.251 e. The zero-order chi connectivity index (χ0) is 15.0. The molecule has 1 aromatic rings. The largest absolute Gasteiger partial charge is 0.486 e. The summed E-state index contributed by atoms with van der Waals surface area (Å²) in [7, 11) is 0. The summed E-state index contributed by atoms with van der Waals surface area (Å²) in [6, 6.07) is 5.06. The Bertz CT molecular complexity index is 517. The van der Waals surface area contributed by atoms with Gasteiger partial charge in [0.05, 0.1) is 11.1 Å². The van der Waals surface area contributed by atoms with Crippen molar-refractivity contribution in [2.75, 3.05) is 13.2 Å². The molecule has 1 aromatic carbocycles. The van der Waals surface area contributed by atoms with Crippen LogP contribution in [0.15, 0.2) is 18.2 Å². The van der Waals surface area contributed by atoms with Crippen molar-refractivity contribution < 1.29 is 19.4 Å². The Morgan fingerprint density at radius 1 is 1.15 bits per heavy atom. The number of ether oxygens (including phenoxy) is 2. The van der Waals surface area contributed by atoms with Crippen molar-refractivity contribution in [3.05, 3.63) is 23.8 Å². The predicted octanol–water partition coefficient (Wildman–Crippen LogP) is 1.74. The number of aliphatic hydroxyl groups is 1. The predicted molar refractivity (Wildman–Crippen MR) is 75.3 cm³/mol. The molecule has 0 atom stereocenters. The SMILES string of the molecule is CC(C)(O)C(C)(C)NC(=O)c1ccc2c(c1)OCCO2. The molecule has 0 aromatic heterocycles. The minimum atomic E-state index is -1.03. The van der Waals surface area contributed by atoms with E-state index in [9.17, 15) is 9.90 Å². The van der Waals surface area contributed by atoms with E-state index in [0.717, 1.165) is 0 Å². The Morgan fingerprint density at radius 3 is 2.35 bits per heavy atom. The van der Waals surface area contributed by atoms with Crippen LogP contribution in [0.2, 0.25) is 0 Å². The van der Waals surface area contributed by atoms with Gasteiger partial charge in [-0.15, -0.1) is 0 Å². The zero-order valence-electron chi connectivity index (χ0n) is 12.3. The molecule has 0 saturated carbocycles. The summed E-state index contributed by atoms with van der Waals surface area (Å²) in [6.07, 6.45) is 0. The molecule has 0 spiro atoms. The highest BCUT2D eigenvalue weighted by Gasteiger charge is 2.36. The number of benzene rings is 1. The Morgan fingerprint density at radius 2 is 1.75 bits per heavy atom. The first-order valence-electron chi connectivity index (χ1n) is 6.65. The van der Waals surface area contributed by atoms with E-state index in [0.29, 0.717) is 30.3 Å². The molecule has 0 saturated heterocycles. The van der Waals surface area contributed by atoms with Gasteiger partial charge in [0.15, 0.2) is 11.5 Å². The van der Waals surface area contributed by atoms with Crippen LogP contribution in [-0.2, 0) is 0 Å². The first-order chi connectivity index (χ1) is 9.21. The van der Waals surface area contributed by atoms with Crippen LogP contribution >= 0.6 is 0 Å². The lowest BCUT2D eigenvalue weighted by Gasteiger charge is -2.38. The van der Waals surface area contributed by atoms with Crippen molar-refractivity contribution in [3.8, 4) is 11.5 Å². The maximum atomic E-state index is 12.3. The average molecular weight is 279 g/mol. The molecule has 0 aliphatic carbocycles. The van der Waals surface area contributed by atoms with Gasteiger partial charge in [-0.2, -0.15) is 0 Å². The van der Waals surface area contributed by atoms with Crippen molar-refractivity contribution in [2.45, 2.75) is 38.8 Å². The molecule has 110 valence electrons. The summed E-state index contributed by atoms with van der Waals surface area (Å²) in [6.45, 7) is 7.89. The first-order valence-corrected chi connectivity index (χ1v) is 6.65. The molecule has 1 heterocycles. The van der Waals surface area contributed by atoms with Crippen LogP contribution in [0.5, 0.6) is 11.5 Å². The highest BCUT2D eigenvalue weighted by atomic mass is 16.6. The van der Waals surface area contributed by atoms with Gasteiger partial charge in [0.2, 0.25) is 0 Å². The van der Waals surface area contributed by atoms with Gasteiger partial charge in [0.1, 0.15) is 13.2 Å². The van der Waals surface area contributed by atoms with Crippen LogP contribution in [0, 0.1) is 0 Å². The second-order valence-corrected chi connectivity index (χ2v) is 6.00. The number of carbonyl (C=O) groups excluding carboxylic acids is 1. The maximum Gasteiger partial charge on any atom is 0.251 e. The topological polar surface area (TPSA) is 67.8 Å². The standard InChI is InChI=1S/C15H21NO4/c1-14(2,15(3,4)18)16-13(17)10-5-6-11-12(9-10)20-8-7-19-11/h5-6,9,18H,7-8H2,1-4H3,(H,16,17). The molecule has 5 nitrogen and oxygen atoms in total. The fourth-order valence-electron chi connectivity index (χ4n) is 1.69. The lowest BCUT2D eigenvalue weighted by atomic mass is 9.85. The molecule has 1 aliphatic heterocycles.